The minimum Gasteiger partial charge on any atom is -0.173 e. The molecule has 11 heavy (non-hydrogen) atoms. The Hall–Kier alpha value is -0.660. The van der Waals surface area contributed by atoms with Crippen molar-refractivity contribution >= 4 is 0 Å². The van der Waals surface area contributed by atoms with E-state index in [-0.39, 0.29) is 5.57 Å². The predicted octanol–water partition coefficient (Wildman–Crippen LogP) is 3.59. The molecule has 0 rings (SSSR count). The first-order valence-corrected chi connectivity index (χ1v) is 3.45. The maximum Gasteiger partial charge on any atom is 0.269 e. The molecular formula is C9H12F2. The summed E-state index contributed by atoms with van der Waals surface area (Å²) >= 11 is 0. The van der Waals surface area contributed by atoms with Crippen LogP contribution in [0.4, 0.5) is 8.78 Å². The van der Waals surface area contributed by atoms with Gasteiger partial charge in [0.1, 0.15) is 0 Å². The Kier molecular flexibility index (Phi) is 4.75. The second-order valence-electron chi connectivity index (χ2n) is 2.49. The van der Waals surface area contributed by atoms with Crippen LogP contribution < -0.4 is 0 Å². The first-order chi connectivity index (χ1) is 5.07. The van der Waals surface area contributed by atoms with Gasteiger partial charge in [-0.2, -0.15) is 8.78 Å². The maximum absolute atomic E-state index is 11.8. The van der Waals surface area contributed by atoms with Crippen LogP contribution >= 0.6 is 0 Å². The molecule has 0 heterocycles. The Balaban J connectivity index is 3.72. The van der Waals surface area contributed by atoms with Gasteiger partial charge in [-0.1, -0.05) is 12.2 Å². The van der Waals surface area contributed by atoms with E-state index in [0.717, 1.165) is 5.57 Å². The molecule has 0 atom stereocenters. The third-order valence-corrected chi connectivity index (χ3v) is 1.46. The van der Waals surface area contributed by atoms with E-state index >= 15 is 0 Å². The van der Waals surface area contributed by atoms with E-state index in [2.05, 4.69) is 6.58 Å². The lowest BCUT2D eigenvalue weighted by molar-refractivity contribution is 0.408. The highest BCUT2D eigenvalue weighted by Crippen LogP contribution is 2.16. The van der Waals surface area contributed by atoms with Gasteiger partial charge < -0.3 is 0 Å². The van der Waals surface area contributed by atoms with Gasteiger partial charge in [0.25, 0.3) is 6.08 Å². The minimum atomic E-state index is -1.59. The van der Waals surface area contributed by atoms with Crippen LogP contribution in [0.1, 0.15) is 26.2 Å². The van der Waals surface area contributed by atoms with E-state index in [1.807, 2.05) is 0 Å². The van der Waals surface area contributed by atoms with Gasteiger partial charge in [-0.15, -0.1) is 0 Å². The highest BCUT2D eigenvalue weighted by Gasteiger charge is 1.99. The molecule has 0 aromatic heterocycles. The van der Waals surface area contributed by atoms with Gasteiger partial charge in [-0.05, 0) is 38.7 Å². The molecule has 0 nitrogen and oxygen atoms in total. The zero-order valence-corrected chi connectivity index (χ0v) is 6.66. The normalized spacial score (nSPS) is 9.45. The molecule has 0 saturated carbocycles. The van der Waals surface area contributed by atoms with Crippen molar-refractivity contribution in [1.82, 2.24) is 0 Å². The van der Waals surface area contributed by atoms with Crippen LogP contribution in [-0.2, 0) is 0 Å². The quantitative estimate of drug-likeness (QED) is 0.548. The van der Waals surface area contributed by atoms with Crippen molar-refractivity contribution in [3.63, 3.8) is 0 Å². The average molecular weight is 158 g/mol. The first-order valence-electron chi connectivity index (χ1n) is 3.45. The number of hydrogen-bond donors (Lipinski definition) is 0. The average Bonchev–Trinajstić information content (AvgIpc) is 1.99. The molecule has 0 aromatic rings. The molecule has 0 aromatic carbocycles. The number of halogens is 2. The topological polar surface area (TPSA) is 0 Å². The fourth-order valence-electron chi connectivity index (χ4n) is 0.561. The highest BCUT2D eigenvalue weighted by molar-refractivity contribution is 5.04. The molecule has 0 N–H and O–H groups in total. The summed E-state index contributed by atoms with van der Waals surface area (Å²) in [5, 5.41) is 0. The van der Waals surface area contributed by atoms with Crippen molar-refractivity contribution in [2.45, 2.75) is 26.2 Å². The number of allylic oxidation sites excluding steroid dienone is 2. The summed E-state index contributed by atoms with van der Waals surface area (Å²) in [7, 11) is 0. The molecular weight excluding hydrogens is 146 g/mol. The molecule has 0 spiro atoms. The van der Waals surface area contributed by atoms with Gasteiger partial charge in [-0.3, -0.25) is 0 Å². The van der Waals surface area contributed by atoms with Crippen molar-refractivity contribution in [3.8, 4) is 0 Å². The monoisotopic (exact) mass is 158 g/mol. The second-order valence-corrected chi connectivity index (χ2v) is 2.49. The molecule has 2 radical (unpaired) electrons. The largest absolute Gasteiger partial charge is 0.269 e. The Bertz CT molecular complexity index is 164. The summed E-state index contributed by atoms with van der Waals surface area (Å²) in [5.74, 6) is 0. The van der Waals surface area contributed by atoms with Gasteiger partial charge in [0.2, 0.25) is 0 Å². The van der Waals surface area contributed by atoms with E-state index in [9.17, 15) is 8.78 Å². The summed E-state index contributed by atoms with van der Waals surface area (Å²) < 4.78 is 23.6. The fourth-order valence-corrected chi connectivity index (χ4v) is 0.561. The lowest BCUT2D eigenvalue weighted by Gasteiger charge is -2.00. The lowest BCUT2D eigenvalue weighted by atomic mass is 10.1. The Labute approximate surface area is 66.6 Å². The van der Waals surface area contributed by atoms with Gasteiger partial charge in [0.15, 0.2) is 0 Å². The van der Waals surface area contributed by atoms with E-state index in [1.165, 1.54) is 6.92 Å². The molecule has 2 heteroatoms. The van der Waals surface area contributed by atoms with Crippen LogP contribution in [0, 0.1) is 6.92 Å². The van der Waals surface area contributed by atoms with Gasteiger partial charge in [-0.25, -0.2) is 0 Å². The zero-order chi connectivity index (χ0) is 8.85. The molecule has 0 aliphatic rings. The van der Waals surface area contributed by atoms with Crippen molar-refractivity contribution in [3.05, 3.63) is 30.7 Å². The molecule has 0 aliphatic carbocycles. The van der Waals surface area contributed by atoms with Crippen LogP contribution in [-0.4, -0.2) is 0 Å². The van der Waals surface area contributed by atoms with Crippen molar-refractivity contribution < 1.29 is 8.78 Å². The van der Waals surface area contributed by atoms with Gasteiger partial charge in [0.05, 0.1) is 0 Å². The van der Waals surface area contributed by atoms with Gasteiger partial charge >= 0.3 is 0 Å². The van der Waals surface area contributed by atoms with Crippen LogP contribution in [0.5, 0.6) is 0 Å². The first kappa shape index (κ1) is 10.3. The summed E-state index contributed by atoms with van der Waals surface area (Å²) in [6.45, 7) is 10.3. The number of rotatable bonds is 4. The fraction of sp³-hybridized carbons (Fsp3) is 0.444. The molecule has 62 valence electrons. The van der Waals surface area contributed by atoms with E-state index in [4.69, 9.17) is 6.92 Å². The predicted molar refractivity (Wildman–Crippen MR) is 42.2 cm³/mol. The van der Waals surface area contributed by atoms with E-state index in [1.54, 1.807) is 0 Å². The lowest BCUT2D eigenvalue weighted by Crippen LogP contribution is -1.83. The summed E-state index contributed by atoms with van der Waals surface area (Å²) in [4.78, 5) is 0. The minimum absolute atomic E-state index is 0.125. The third kappa shape index (κ3) is 4.71. The van der Waals surface area contributed by atoms with E-state index in [0.29, 0.717) is 19.3 Å². The highest BCUT2D eigenvalue weighted by atomic mass is 19.3. The smallest absolute Gasteiger partial charge is 0.173 e. The Morgan fingerprint density at radius 1 is 1.36 bits per heavy atom. The van der Waals surface area contributed by atoms with Crippen LogP contribution in [0.2, 0.25) is 0 Å². The summed E-state index contributed by atoms with van der Waals surface area (Å²) in [5.41, 5.74) is 0.935. The van der Waals surface area contributed by atoms with Crippen molar-refractivity contribution in [2.75, 3.05) is 0 Å². The molecule has 0 saturated heterocycles. The van der Waals surface area contributed by atoms with Crippen LogP contribution in [0.3, 0.4) is 0 Å². The number of hydrogen-bond acceptors (Lipinski definition) is 0. The van der Waals surface area contributed by atoms with Crippen LogP contribution in [0.25, 0.3) is 0 Å². The van der Waals surface area contributed by atoms with Crippen LogP contribution in [0.15, 0.2) is 23.8 Å². The summed E-state index contributed by atoms with van der Waals surface area (Å²) in [6.07, 6.45) is -0.297. The van der Waals surface area contributed by atoms with Crippen molar-refractivity contribution in [1.29, 1.82) is 0 Å². The summed E-state index contributed by atoms with van der Waals surface area (Å²) in [6, 6.07) is 0. The molecule has 0 fully saturated rings. The second kappa shape index (κ2) is 5.05. The molecule has 0 unspecified atom stereocenters. The zero-order valence-electron chi connectivity index (χ0n) is 6.66. The Morgan fingerprint density at radius 3 is 2.27 bits per heavy atom. The molecule has 0 amide bonds. The standard InChI is InChI=1S/C9H12F2/c1-4-7(2)5-6-8(3)9(10)11/h1H,2,4-6H2,3H3. The molecule has 0 aliphatic heterocycles. The van der Waals surface area contributed by atoms with E-state index < -0.39 is 6.08 Å². The third-order valence-electron chi connectivity index (χ3n) is 1.46. The van der Waals surface area contributed by atoms with Crippen molar-refractivity contribution in [2.24, 2.45) is 0 Å². The van der Waals surface area contributed by atoms with Gasteiger partial charge in [0, 0.05) is 0 Å². The maximum atomic E-state index is 11.8. The Morgan fingerprint density at radius 2 is 1.91 bits per heavy atom. The SMILES string of the molecule is [CH]CC(=C)CCC(C)=C(F)F. The molecule has 0 bridgehead atoms.